The van der Waals surface area contributed by atoms with Gasteiger partial charge in [0.05, 0.1) is 14.9 Å². The fourth-order valence-corrected chi connectivity index (χ4v) is 4.09. The molecule has 0 spiro atoms. The summed E-state index contributed by atoms with van der Waals surface area (Å²) in [5.41, 5.74) is 0.907. The van der Waals surface area contributed by atoms with Crippen LogP contribution in [-0.2, 0) is 0 Å². The Balaban J connectivity index is 1.58. The van der Waals surface area contributed by atoms with Crippen molar-refractivity contribution < 1.29 is 4.79 Å². The van der Waals surface area contributed by atoms with E-state index >= 15 is 0 Å². The Kier molecular flexibility index (Phi) is 4.31. The highest BCUT2D eigenvalue weighted by atomic mass is 35.5. The summed E-state index contributed by atoms with van der Waals surface area (Å²) >= 11 is 8.79. The largest absolute Gasteiger partial charge is 0.317 e. The maximum Gasteiger partial charge on any atom is 0.275 e. The summed E-state index contributed by atoms with van der Waals surface area (Å²) in [6, 6.07) is 9.02. The zero-order chi connectivity index (χ0) is 17.2. The van der Waals surface area contributed by atoms with Crippen LogP contribution >= 0.6 is 34.3 Å². The lowest BCUT2D eigenvalue weighted by Crippen LogP contribution is -2.15. The predicted molar refractivity (Wildman–Crippen MR) is 99.7 cm³/mol. The summed E-state index contributed by atoms with van der Waals surface area (Å²) in [5.74, 6) is 0.243. The molecule has 0 aromatic carbocycles. The number of carbonyl (C=O) groups excluding carboxylic acids is 1. The number of amides is 1. The lowest BCUT2D eigenvalue weighted by molar-refractivity contribution is 0.102. The van der Waals surface area contributed by atoms with Crippen LogP contribution in [-0.4, -0.2) is 25.7 Å². The van der Waals surface area contributed by atoms with Gasteiger partial charge in [0.25, 0.3) is 5.91 Å². The lowest BCUT2D eigenvalue weighted by Gasteiger charge is -2.08. The molecule has 4 aromatic rings. The fraction of sp³-hybridized carbons (Fsp3) is 0. The molecule has 9 heteroatoms. The molecule has 0 bridgehead atoms. The topological polar surface area (TPSA) is 72.7 Å². The zero-order valence-electron chi connectivity index (χ0n) is 12.6. The molecule has 6 nitrogen and oxygen atoms in total. The van der Waals surface area contributed by atoms with Crippen molar-refractivity contribution in [3.63, 3.8) is 0 Å². The fourth-order valence-electron chi connectivity index (χ4n) is 2.18. The number of thiophene rings is 1. The first kappa shape index (κ1) is 15.9. The standard InChI is InChI=1S/C16H10ClN5OS2/c17-13-5-4-12(25-13)16-21-11(9-24-16)15(23)20-10-3-1-6-18-14(10)22-8-2-7-19-22/h1-9H,(H,20,23). The summed E-state index contributed by atoms with van der Waals surface area (Å²) in [5, 5.41) is 9.48. The number of nitrogens with zero attached hydrogens (tertiary/aromatic N) is 4. The molecule has 1 N–H and O–H groups in total. The third-order valence-corrected chi connectivity index (χ3v) is 5.52. The Morgan fingerprint density at radius 1 is 1.20 bits per heavy atom. The minimum absolute atomic E-state index is 0.299. The van der Waals surface area contributed by atoms with Gasteiger partial charge in [-0.3, -0.25) is 4.79 Å². The predicted octanol–water partition coefficient (Wildman–Crippen LogP) is 4.36. The number of pyridine rings is 1. The van der Waals surface area contributed by atoms with Crippen molar-refractivity contribution in [2.24, 2.45) is 0 Å². The molecular formula is C16H10ClN5OS2. The van der Waals surface area contributed by atoms with Gasteiger partial charge >= 0.3 is 0 Å². The first-order chi connectivity index (χ1) is 12.2. The van der Waals surface area contributed by atoms with Crippen LogP contribution in [0.3, 0.4) is 0 Å². The molecule has 1 amide bonds. The molecule has 4 rings (SSSR count). The van der Waals surface area contributed by atoms with E-state index in [9.17, 15) is 4.79 Å². The summed E-state index contributed by atoms with van der Waals surface area (Å²) in [6.07, 6.45) is 5.06. The number of thiazole rings is 1. The minimum Gasteiger partial charge on any atom is -0.317 e. The van der Waals surface area contributed by atoms with Crippen LogP contribution in [0.15, 0.2) is 54.3 Å². The number of anilines is 1. The monoisotopic (exact) mass is 387 g/mol. The number of rotatable bonds is 4. The molecular weight excluding hydrogens is 378 g/mol. The van der Waals surface area contributed by atoms with Gasteiger partial charge in [0, 0.05) is 24.0 Å². The molecule has 0 aliphatic heterocycles. The lowest BCUT2D eigenvalue weighted by atomic mass is 10.3. The Bertz CT molecular complexity index is 1020. The molecule has 124 valence electrons. The highest BCUT2D eigenvalue weighted by molar-refractivity contribution is 7.23. The van der Waals surface area contributed by atoms with E-state index in [0.29, 0.717) is 21.5 Å². The average molecular weight is 388 g/mol. The number of carbonyl (C=O) groups is 1. The van der Waals surface area contributed by atoms with Crippen LogP contribution in [0, 0.1) is 0 Å². The van der Waals surface area contributed by atoms with E-state index in [-0.39, 0.29) is 5.91 Å². The van der Waals surface area contributed by atoms with Crippen molar-refractivity contribution >= 4 is 45.9 Å². The van der Waals surface area contributed by atoms with Crippen LogP contribution in [0.25, 0.3) is 15.7 Å². The third-order valence-electron chi connectivity index (χ3n) is 3.28. The van der Waals surface area contributed by atoms with E-state index in [1.807, 2.05) is 12.1 Å². The highest BCUT2D eigenvalue weighted by Gasteiger charge is 2.15. The number of hydrogen-bond donors (Lipinski definition) is 1. The number of nitrogens with one attached hydrogen (secondary N) is 1. The Hall–Kier alpha value is -2.55. The highest BCUT2D eigenvalue weighted by Crippen LogP contribution is 2.33. The van der Waals surface area contributed by atoms with Gasteiger partial charge in [-0.15, -0.1) is 22.7 Å². The SMILES string of the molecule is O=C(Nc1cccnc1-n1cccn1)c1csc(-c2ccc(Cl)s2)n1. The maximum atomic E-state index is 12.5. The van der Waals surface area contributed by atoms with Gasteiger partial charge in [-0.2, -0.15) is 5.10 Å². The van der Waals surface area contributed by atoms with Crippen molar-refractivity contribution in [3.05, 3.63) is 64.3 Å². The molecule has 0 atom stereocenters. The van der Waals surface area contributed by atoms with Gasteiger partial charge in [-0.25, -0.2) is 14.6 Å². The van der Waals surface area contributed by atoms with Crippen molar-refractivity contribution in [2.75, 3.05) is 5.32 Å². The molecule has 4 aromatic heterocycles. The van der Waals surface area contributed by atoms with E-state index in [4.69, 9.17) is 11.6 Å². The van der Waals surface area contributed by atoms with E-state index in [1.165, 1.54) is 22.7 Å². The van der Waals surface area contributed by atoms with Gasteiger partial charge in [0.2, 0.25) is 0 Å². The van der Waals surface area contributed by atoms with Crippen molar-refractivity contribution in [1.82, 2.24) is 19.7 Å². The molecule has 0 saturated carbocycles. The second kappa shape index (κ2) is 6.75. The van der Waals surface area contributed by atoms with E-state index in [2.05, 4.69) is 20.4 Å². The molecule has 4 heterocycles. The summed E-state index contributed by atoms with van der Waals surface area (Å²) in [6.45, 7) is 0. The zero-order valence-corrected chi connectivity index (χ0v) is 15.0. The molecule has 0 radical (unpaired) electrons. The average Bonchev–Trinajstić information content (AvgIpc) is 3.36. The second-order valence-electron chi connectivity index (χ2n) is 4.92. The number of halogens is 1. The van der Waals surface area contributed by atoms with E-state index in [0.717, 1.165) is 9.88 Å². The Morgan fingerprint density at radius 3 is 2.88 bits per heavy atom. The van der Waals surface area contributed by atoms with Crippen molar-refractivity contribution in [1.29, 1.82) is 0 Å². The first-order valence-electron chi connectivity index (χ1n) is 7.18. The summed E-state index contributed by atoms with van der Waals surface area (Å²) in [7, 11) is 0. The van der Waals surface area contributed by atoms with Crippen LogP contribution in [0.2, 0.25) is 4.34 Å². The molecule has 25 heavy (non-hydrogen) atoms. The molecule has 0 saturated heterocycles. The van der Waals surface area contributed by atoms with Crippen molar-refractivity contribution in [2.45, 2.75) is 0 Å². The third kappa shape index (κ3) is 3.32. The summed E-state index contributed by atoms with van der Waals surface area (Å²) < 4.78 is 2.28. The molecule has 0 unspecified atom stereocenters. The van der Waals surface area contributed by atoms with Crippen LogP contribution in [0.1, 0.15) is 10.5 Å². The number of aromatic nitrogens is 4. The smallest absolute Gasteiger partial charge is 0.275 e. The molecule has 0 fully saturated rings. The van der Waals surface area contributed by atoms with E-state index < -0.39 is 0 Å². The van der Waals surface area contributed by atoms with Gasteiger partial charge in [0.15, 0.2) is 5.82 Å². The van der Waals surface area contributed by atoms with Gasteiger partial charge in [-0.05, 0) is 30.3 Å². The van der Waals surface area contributed by atoms with Gasteiger partial charge in [-0.1, -0.05) is 11.6 Å². The van der Waals surface area contributed by atoms with Crippen molar-refractivity contribution in [3.8, 4) is 15.7 Å². The first-order valence-corrected chi connectivity index (χ1v) is 9.26. The van der Waals surface area contributed by atoms with Crippen LogP contribution in [0.4, 0.5) is 5.69 Å². The molecule has 0 aliphatic rings. The van der Waals surface area contributed by atoms with Crippen LogP contribution < -0.4 is 5.32 Å². The summed E-state index contributed by atoms with van der Waals surface area (Å²) in [4.78, 5) is 22.2. The van der Waals surface area contributed by atoms with Gasteiger partial charge < -0.3 is 5.32 Å². The minimum atomic E-state index is -0.299. The quantitative estimate of drug-likeness (QED) is 0.564. The van der Waals surface area contributed by atoms with E-state index in [1.54, 1.807) is 46.9 Å². The normalized spacial score (nSPS) is 10.8. The maximum absolute atomic E-state index is 12.5. The second-order valence-corrected chi connectivity index (χ2v) is 7.49. The Labute approximate surface area is 155 Å². The van der Waals surface area contributed by atoms with Crippen LogP contribution in [0.5, 0.6) is 0 Å². The number of hydrogen-bond acceptors (Lipinski definition) is 6. The van der Waals surface area contributed by atoms with Gasteiger partial charge in [0.1, 0.15) is 10.7 Å². The Morgan fingerprint density at radius 2 is 2.12 bits per heavy atom. The molecule has 0 aliphatic carbocycles.